The van der Waals surface area contributed by atoms with Crippen LogP contribution in [0.3, 0.4) is 0 Å². The van der Waals surface area contributed by atoms with Crippen LogP contribution < -0.4 is 10.1 Å². The molecule has 0 aliphatic heterocycles. The Kier molecular flexibility index (Phi) is 5.76. The average molecular weight is 418 g/mol. The van der Waals surface area contributed by atoms with E-state index in [9.17, 15) is 18.0 Å². The van der Waals surface area contributed by atoms with Crippen LogP contribution in [-0.2, 0) is 14.6 Å². The Morgan fingerprint density at radius 2 is 1.82 bits per heavy atom. The Morgan fingerprint density at radius 1 is 1.11 bits per heavy atom. The predicted octanol–water partition coefficient (Wildman–Crippen LogP) is 3.31. The van der Waals surface area contributed by atoms with Crippen LogP contribution in [0.15, 0.2) is 47.4 Å². The number of aromatic nitrogens is 1. The molecule has 0 bridgehead atoms. The number of ether oxygens (including phenoxy) is 1. The van der Waals surface area contributed by atoms with Crippen molar-refractivity contribution in [1.29, 1.82) is 0 Å². The maximum Gasteiger partial charge on any atom is 0.226 e. The third-order valence-electron chi connectivity index (χ3n) is 4.03. The number of benzene rings is 2. The molecular formula is C19H18N2O5S2. The van der Waals surface area contributed by atoms with E-state index in [1.807, 2.05) is 0 Å². The maximum atomic E-state index is 12.2. The first-order chi connectivity index (χ1) is 13.3. The molecule has 0 saturated carbocycles. The predicted molar refractivity (Wildman–Crippen MR) is 108 cm³/mol. The summed E-state index contributed by atoms with van der Waals surface area (Å²) >= 11 is 1.18. The van der Waals surface area contributed by atoms with Crippen molar-refractivity contribution in [3.63, 3.8) is 0 Å². The van der Waals surface area contributed by atoms with E-state index in [0.29, 0.717) is 26.7 Å². The summed E-state index contributed by atoms with van der Waals surface area (Å²) in [6.45, 7) is 0. The normalized spacial score (nSPS) is 11.4. The summed E-state index contributed by atoms with van der Waals surface area (Å²) in [6.07, 6.45) is 1.23. The Bertz CT molecular complexity index is 1130. The Balaban J connectivity index is 1.61. The van der Waals surface area contributed by atoms with Gasteiger partial charge in [0.15, 0.2) is 20.8 Å². The van der Waals surface area contributed by atoms with Gasteiger partial charge < -0.3 is 10.1 Å². The van der Waals surface area contributed by atoms with Gasteiger partial charge in [0.2, 0.25) is 5.91 Å². The number of anilines is 1. The minimum atomic E-state index is -3.31. The molecule has 0 spiro atoms. The third kappa shape index (κ3) is 4.73. The fraction of sp³-hybridized carbons (Fsp3) is 0.211. The van der Waals surface area contributed by atoms with Crippen LogP contribution in [0.25, 0.3) is 10.2 Å². The highest BCUT2D eigenvalue weighted by Crippen LogP contribution is 2.28. The lowest BCUT2D eigenvalue weighted by Crippen LogP contribution is -2.13. The number of Topliss-reactive ketones (excluding diaryl/α,β-unsaturated/α-hetero) is 1. The number of fused-ring (bicyclic) bond motifs is 1. The summed E-state index contributed by atoms with van der Waals surface area (Å²) < 4.78 is 29.0. The highest BCUT2D eigenvalue weighted by atomic mass is 32.2. The van der Waals surface area contributed by atoms with E-state index in [1.54, 1.807) is 37.4 Å². The topological polar surface area (TPSA) is 102 Å². The zero-order valence-corrected chi connectivity index (χ0v) is 16.9. The minimum Gasteiger partial charge on any atom is -0.497 e. The zero-order valence-electron chi connectivity index (χ0n) is 15.3. The van der Waals surface area contributed by atoms with Crippen LogP contribution in [0, 0.1) is 0 Å². The van der Waals surface area contributed by atoms with Crippen LogP contribution in [0.4, 0.5) is 5.13 Å². The Hall–Kier alpha value is -2.78. The van der Waals surface area contributed by atoms with Gasteiger partial charge in [-0.1, -0.05) is 11.3 Å². The second-order valence-electron chi connectivity index (χ2n) is 6.12. The van der Waals surface area contributed by atoms with Gasteiger partial charge in [0.1, 0.15) is 5.75 Å². The molecule has 7 nitrogen and oxygen atoms in total. The SMILES string of the molecule is COc1ccc(C(=O)CCC(=O)Nc2nc3ccc(S(C)(=O)=O)cc3s2)cc1. The summed E-state index contributed by atoms with van der Waals surface area (Å²) in [6, 6.07) is 11.3. The molecule has 0 atom stereocenters. The highest BCUT2D eigenvalue weighted by Gasteiger charge is 2.14. The molecular weight excluding hydrogens is 400 g/mol. The number of hydrogen-bond acceptors (Lipinski definition) is 7. The summed E-state index contributed by atoms with van der Waals surface area (Å²) in [5, 5.41) is 3.02. The molecule has 9 heteroatoms. The second-order valence-corrected chi connectivity index (χ2v) is 9.17. The number of hydrogen-bond donors (Lipinski definition) is 1. The van der Waals surface area contributed by atoms with Crippen molar-refractivity contribution in [2.45, 2.75) is 17.7 Å². The molecule has 1 aromatic heterocycles. The standard InChI is InChI=1S/C19H18N2O5S2/c1-26-13-5-3-12(4-6-13)16(22)9-10-18(23)21-19-20-15-8-7-14(28(2,24)25)11-17(15)27-19/h3-8,11H,9-10H2,1-2H3,(H,20,21,23). The first-order valence-corrected chi connectivity index (χ1v) is 11.0. The molecule has 146 valence electrons. The lowest BCUT2D eigenvalue weighted by Gasteiger charge is -2.03. The molecule has 3 rings (SSSR count). The lowest BCUT2D eigenvalue weighted by molar-refractivity contribution is -0.116. The van der Waals surface area contributed by atoms with E-state index < -0.39 is 9.84 Å². The Labute approximate surface area is 166 Å². The molecule has 1 N–H and O–H groups in total. The monoisotopic (exact) mass is 418 g/mol. The molecule has 0 fully saturated rings. The number of thiazole rings is 1. The number of nitrogens with zero attached hydrogens (tertiary/aromatic N) is 1. The van der Waals surface area contributed by atoms with E-state index in [1.165, 1.54) is 23.5 Å². The fourth-order valence-electron chi connectivity index (χ4n) is 2.52. The number of methoxy groups -OCH3 is 1. The van der Waals surface area contributed by atoms with Crippen molar-refractivity contribution in [1.82, 2.24) is 4.98 Å². The van der Waals surface area contributed by atoms with E-state index in [2.05, 4.69) is 10.3 Å². The van der Waals surface area contributed by atoms with Crippen LogP contribution >= 0.6 is 11.3 Å². The number of amides is 1. The first kappa shape index (κ1) is 20.0. The lowest BCUT2D eigenvalue weighted by atomic mass is 10.1. The van der Waals surface area contributed by atoms with Gasteiger partial charge in [-0.3, -0.25) is 9.59 Å². The van der Waals surface area contributed by atoms with Crippen LogP contribution in [0.5, 0.6) is 5.75 Å². The number of carbonyl (C=O) groups is 2. The molecule has 0 radical (unpaired) electrons. The highest BCUT2D eigenvalue weighted by molar-refractivity contribution is 7.90. The molecule has 1 amide bonds. The van der Waals surface area contributed by atoms with Gasteiger partial charge in [0.05, 0.1) is 22.2 Å². The van der Waals surface area contributed by atoms with Gasteiger partial charge in [-0.2, -0.15) is 0 Å². The number of nitrogens with one attached hydrogen (secondary N) is 1. The third-order valence-corrected chi connectivity index (χ3v) is 6.07. The summed E-state index contributed by atoms with van der Waals surface area (Å²) in [4.78, 5) is 28.8. The Morgan fingerprint density at radius 3 is 2.46 bits per heavy atom. The number of sulfone groups is 1. The van der Waals surface area contributed by atoms with Gasteiger partial charge in [0, 0.05) is 24.7 Å². The quantitative estimate of drug-likeness (QED) is 0.591. The van der Waals surface area contributed by atoms with Crippen molar-refractivity contribution in [2.75, 3.05) is 18.7 Å². The van der Waals surface area contributed by atoms with Crippen molar-refractivity contribution in [3.8, 4) is 5.75 Å². The number of rotatable bonds is 7. The summed E-state index contributed by atoms with van der Waals surface area (Å²) in [5.74, 6) is 0.188. The zero-order chi connectivity index (χ0) is 20.3. The minimum absolute atomic E-state index is 0.0232. The summed E-state index contributed by atoms with van der Waals surface area (Å²) in [7, 11) is -1.76. The van der Waals surface area contributed by atoms with E-state index in [4.69, 9.17) is 4.74 Å². The van der Waals surface area contributed by atoms with E-state index in [-0.39, 0.29) is 29.4 Å². The van der Waals surface area contributed by atoms with Gasteiger partial charge >= 0.3 is 0 Å². The van der Waals surface area contributed by atoms with Crippen molar-refractivity contribution >= 4 is 48.2 Å². The van der Waals surface area contributed by atoms with Gasteiger partial charge in [-0.05, 0) is 42.5 Å². The van der Waals surface area contributed by atoms with Crippen LogP contribution in [0.1, 0.15) is 23.2 Å². The molecule has 0 unspecified atom stereocenters. The molecule has 28 heavy (non-hydrogen) atoms. The molecule has 2 aromatic carbocycles. The van der Waals surface area contributed by atoms with Gasteiger partial charge in [0.25, 0.3) is 0 Å². The number of ketones is 1. The molecule has 3 aromatic rings. The van der Waals surface area contributed by atoms with Crippen molar-refractivity contribution in [3.05, 3.63) is 48.0 Å². The summed E-state index contributed by atoms with van der Waals surface area (Å²) in [5.41, 5.74) is 1.11. The van der Waals surface area contributed by atoms with Gasteiger partial charge in [-0.25, -0.2) is 13.4 Å². The van der Waals surface area contributed by atoms with Gasteiger partial charge in [-0.15, -0.1) is 0 Å². The molecule has 0 saturated heterocycles. The first-order valence-electron chi connectivity index (χ1n) is 8.34. The van der Waals surface area contributed by atoms with Crippen molar-refractivity contribution in [2.24, 2.45) is 0 Å². The molecule has 1 heterocycles. The molecule has 0 aliphatic rings. The second kappa shape index (κ2) is 8.07. The largest absolute Gasteiger partial charge is 0.497 e. The number of carbonyl (C=O) groups excluding carboxylic acids is 2. The maximum absolute atomic E-state index is 12.2. The smallest absolute Gasteiger partial charge is 0.226 e. The van der Waals surface area contributed by atoms with E-state index in [0.717, 1.165) is 6.26 Å². The van der Waals surface area contributed by atoms with Crippen LogP contribution in [-0.4, -0.2) is 38.5 Å². The van der Waals surface area contributed by atoms with E-state index >= 15 is 0 Å². The fourth-order valence-corrected chi connectivity index (χ4v) is 4.16. The van der Waals surface area contributed by atoms with Crippen LogP contribution in [0.2, 0.25) is 0 Å². The van der Waals surface area contributed by atoms with Crippen molar-refractivity contribution < 1.29 is 22.7 Å². The average Bonchev–Trinajstić information content (AvgIpc) is 3.06. The molecule has 0 aliphatic carbocycles.